The predicted molar refractivity (Wildman–Crippen MR) is 241 cm³/mol. The molecule has 13 nitrogen and oxygen atoms in total. The predicted octanol–water partition coefficient (Wildman–Crippen LogP) is 7.33. The van der Waals surface area contributed by atoms with Gasteiger partial charge in [-0.3, -0.25) is 19.4 Å². The maximum atomic E-state index is 14.2. The van der Waals surface area contributed by atoms with Crippen LogP contribution in [0.15, 0.2) is 130 Å². The van der Waals surface area contributed by atoms with Crippen LogP contribution in [-0.4, -0.2) is 67.5 Å². The number of benzene rings is 5. The number of aryl methyl sites for hydroxylation is 1. The van der Waals surface area contributed by atoms with E-state index in [-0.39, 0.29) is 32.2 Å². The van der Waals surface area contributed by atoms with Crippen LogP contribution in [0.4, 0.5) is 17.1 Å². The lowest BCUT2D eigenvalue weighted by Crippen LogP contribution is -2.22. The second-order valence-electron chi connectivity index (χ2n) is 14.8. The lowest BCUT2D eigenvalue weighted by Gasteiger charge is -2.16. The van der Waals surface area contributed by atoms with Gasteiger partial charge in [0.15, 0.2) is 0 Å². The number of sulfone groups is 1. The number of H-pyrrole nitrogens is 1. The fourth-order valence-corrected chi connectivity index (χ4v) is 8.51. The van der Waals surface area contributed by atoms with Crippen molar-refractivity contribution in [1.29, 1.82) is 0 Å². The second-order valence-corrected chi connectivity index (χ2v) is 16.7. The summed E-state index contributed by atoms with van der Waals surface area (Å²) in [5.74, 6) is 5.76. The van der Waals surface area contributed by atoms with E-state index in [0.717, 1.165) is 42.4 Å². The molecule has 0 unspecified atom stereocenters. The summed E-state index contributed by atoms with van der Waals surface area (Å²) in [6, 6.07) is 29.6. The van der Waals surface area contributed by atoms with Crippen molar-refractivity contribution in [2.24, 2.45) is 5.73 Å². The number of methoxy groups -OCH3 is 1. The number of nitrogens with zero attached hydrogens (tertiary/aromatic N) is 2. The fourth-order valence-electron chi connectivity index (χ4n) is 7.09. The first-order chi connectivity index (χ1) is 29.8. The molecule has 0 aliphatic rings. The first kappa shape index (κ1) is 42.6. The SMILES string of the molecule is COc1cccc(Nc2c(C(N)=O)cnc3c(C)cc(S(=O)(=O)c4cccc(C(=O)Nc5ccc(C#CCCCN(C)CCc6ccc(O)c7[nH]c(=O)ccc67)cc5)c4)cc23)c1. The van der Waals surface area contributed by atoms with Crippen molar-refractivity contribution in [1.82, 2.24) is 14.9 Å². The van der Waals surface area contributed by atoms with Crippen LogP contribution in [0.3, 0.4) is 0 Å². The van der Waals surface area contributed by atoms with Crippen molar-refractivity contribution >= 4 is 60.5 Å². The molecule has 0 saturated carbocycles. The largest absolute Gasteiger partial charge is 0.506 e. The standard InChI is InChI=1S/C48H44N6O7S/c1-30-25-38(28-40-44(30)50-29-41(47(49)57)45(40)51-35-11-8-12-36(27-35)61-3)62(59,60)37-13-7-10-33(26-37)48(58)52-34-17-14-31(15-18-34)9-5-4-6-23-54(2)24-22-32-16-20-42(55)46-39(32)19-21-43(56)53-46/h7-8,10-21,25-29,55H,4,6,22-24H2,1-3H3,(H2,49,57)(H,50,51)(H,52,58)(H,53,56). The molecule has 14 heteroatoms. The molecule has 0 fully saturated rings. The number of carbonyl (C=O) groups excluding carboxylic acids is 2. The first-order valence-electron chi connectivity index (χ1n) is 19.7. The molecule has 62 heavy (non-hydrogen) atoms. The van der Waals surface area contributed by atoms with Crippen LogP contribution in [0, 0.1) is 18.8 Å². The van der Waals surface area contributed by atoms with Crippen molar-refractivity contribution in [3.63, 3.8) is 0 Å². The molecule has 0 aliphatic carbocycles. The molecule has 7 rings (SSSR count). The number of nitrogens with one attached hydrogen (secondary N) is 3. The number of amides is 2. The zero-order chi connectivity index (χ0) is 44.0. The summed E-state index contributed by atoms with van der Waals surface area (Å²) in [7, 11) is -0.589. The molecule has 0 aliphatic heterocycles. The van der Waals surface area contributed by atoms with Crippen LogP contribution in [0.2, 0.25) is 0 Å². The fraction of sp³-hybridized carbons (Fsp3) is 0.167. The Hall–Kier alpha value is -7.47. The minimum Gasteiger partial charge on any atom is -0.506 e. The Labute approximate surface area is 358 Å². The Bertz CT molecular complexity index is 3080. The lowest BCUT2D eigenvalue weighted by molar-refractivity contribution is 0.0998. The second kappa shape index (κ2) is 18.4. The van der Waals surface area contributed by atoms with E-state index in [1.165, 1.54) is 55.8 Å². The number of nitrogens with two attached hydrogens (primary N) is 1. The summed E-state index contributed by atoms with van der Waals surface area (Å²) >= 11 is 0. The van der Waals surface area contributed by atoms with Gasteiger partial charge in [0.2, 0.25) is 15.4 Å². The Morgan fingerprint density at radius 2 is 1.69 bits per heavy atom. The quantitative estimate of drug-likeness (QED) is 0.0546. The molecule has 314 valence electrons. The van der Waals surface area contributed by atoms with Crippen LogP contribution in [0.5, 0.6) is 11.5 Å². The number of likely N-dealkylation sites (N-methyl/N-ethyl adjacent to an activating group) is 1. The van der Waals surface area contributed by atoms with Crippen molar-refractivity contribution in [3.05, 3.63) is 154 Å². The highest BCUT2D eigenvalue weighted by molar-refractivity contribution is 7.91. The van der Waals surface area contributed by atoms with Gasteiger partial charge >= 0.3 is 0 Å². The number of anilines is 3. The number of carbonyl (C=O) groups is 2. The van der Waals surface area contributed by atoms with Gasteiger partial charge < -0.3 is 36.1 Å². The lowest BCUT2D eigenvalue weighted by atomic mass is 10.0. The number of rotatable bonds is 14. The maximum absolute atomic E-state index is 14.2. The van der Waals surface area contributed by atoms with E-state index in [2.05, 4.69) is 37.3 Å². The first-order valence-corrected chi connectivity index (χ1v) is 21.2. The van der Waals surface area contributed by atoms with Crippen LogP contribution in [-0.2, 0) is 16.3 Å². The number of unbranched alkanes of at least 4 members (excludes halogenated alkanes) is 1. The molecule has 0 bridgehead atoms. The van der Waals surface area contributed by atoms with Crippen LogP contribution in [0.25, 0.3) is 21.8 Å². The number of ether oxygens (including phenoxy) is 1. The third-order valence-corrected chi connectivity index (χ3v) is 12.1. The van der Waals surface area contributed by atoms with Gasteiger partial charge in [-0.15, -0.1) is 0 Å². The molecular formula is C48H44N6O7S. The van der Waals surface area contributed by atoms with E-state index in [4.69, 9.17) is 10.5 Å². The normalized spacial score (nSPS) is 11.3. The van der Waals surface area contributed by atoms with Gasteiger partial charge in [0, 0.05) is 64.6 Å². The Morgan fingerprint density at radius 3 is 2.47 bits per heavy atom. The van der Waals surface area contributed by atoms with E-state index in [1.807, 2.05) is 25.2 Å². The van der Waals surface area contributed by atoms with Gasteiger partial charge in [-0.1, -0.05) is 30.0 Å². The molecule has 2 amide bonds. The van der Waals surface area contributed by atoms with E-state index in [1.54, 1.807) is 55.5 Å². The Kier molecular flexibility index (Phi) is 12.7. The number of hydrogen-bond donors (Lipinski definition) is 5. The number of aromatic hydroxyl groups is 1. The number of phenolic OH excluding ortho intramolecular Hbond substituents is 1. The Balaban J connectivity index is 0.981. The highest BCUT2D eigenvalue weighted by Gasteiger charge is 2.23. The molecule has 0 radical (unpaired) electrons. The van der Waals surface area contributed by atoms with E-state index in [0.29, 0.717) is 51.2 Å². The molecule has 5 aromatic carbocycles. The molecular weight excluding hydrogens is 805 g/mol. The van der Waals surface area contributed by atoms with Crippen LogP contribution in [0.1, 0.15) is 50.2 Å². The van der Waals surface area contributed by atoms with Gasteiger partial charge in [0.25, 0.3) is 11.8 Å². The number of hydrogen-bond acceptors (Lipinski definition) is 10. The van der Waals surface area contributed by atoms with Crippen LogP contribution < -0.4 is 26.7 Å². The van der Waals surface area contributed by atoms with E-state index >= 15 is 0 Å². The van der Waals surface area contributed by atoms with Crippen LogP contribution >= 0.6 is 0 Å². The summed E-state index contributed by atoms with van der Waals surface area (Å²) in [5.41, 5.74) is 10.4. The number of pyridine rings is 2. The zero-order valence-electron chi connectivity index (χ0n) is 34.3. The minimum atomic E-state index is -4.17. The van der Waals surface area contributed by atoms with E-state index in [9.17, 15) is 27.9 Å². The van der Waals surface area contributed by atoms with Crippen molar-refractivity contribution in [2.75, 3.05) is 37.9 Å². The van der Waals surface area contributed by atoms with Gasteiger partial charge in [-0.25, -0.2) is 8.42 Å². The molecule has 2 aromatic heterocycles. The summed E-state index contributed by atoms with van der Waals surface area (Å²) in [4.78, 5) is 46.8. The maximum Gasteiger partial charge on any atom is 0.255 e. The summed E-state index contributed by atoms with van der Waals surface area (Å²) < 4.78 is 33.7. The van der Waals surface area contributed by atoms with Crippen molar-refractivity contribution < 1.29 is 27.9 Å². The van der Waals surface area contributed by atoms with Gasteiger partial charge in [0.05, 0.1) is 39.2 Å². The number of fused-ring (bicyclic) bond motifs is 2. The molecule has 7 aromatic rings. The number of aromatic amines is 1. The average molecular weight is 849 g/mol. The smallest absolute Gasteiger partial charge is 0.255 e. The topological polar surface area (TPSA) is 197 Å². The average Bonchev–Trinajstić information content (AvgIpc) is 3.26. The summed E-state index contributed by atoms with van der Waals surface area (Å²) in [6.07, 6.45) is 3.68. The third-order valence-electron chi connectivity index (χ3n) is 10.4. The molecule has 0 saturated heterocycles. The molecule has 0 spiro atoms. The molecule has 0 atom stereocenters. The molecule has 6 N–H and O–H groups in total. The number of phenols is 1. The zero-order valence-corrected chi connectivity index (χ0v) is 35.1. The highest BCUT2D eigenvalue weighted by atomic mass is 32.2. The third kappa shape index (κ3) is 9.60. The monoisotopic (exact) mass is 848 g/mol. The number of primary amides is 1. The number of aromatic nitrogens is 2. The van der Waals surface area contributed by atoms with E-state index < -0.39 is 21.7 Å². The highest BCUT2D eigenvalue weighted by Crippen LogP contribution is 2.35. The van der Waals surface area contributed by atoms with Gasteiger partial charge in [-0.05, 0) is 123 Å². The minimum absolute atomic E-state index is 0.0522. The summed E-state index contributed by atoms with van der Waals surface area (Å²) in [5, 5.41) is 17.4. The Morgan fingerprint density at radius 1 is 0.903 bits per heavy atom. The summed E-state index contributed by atoms with van der Waals surface area (Å²) in [6.45, 7) is 3.37. The molecule has 2 heterocycles. The van der Waals surface area contributed by atoms with Gasteiger partial charge in [-0.2, -0.15) is 0 Å². The van der Waals surface area contributed by atoms with Gasteiger partial charge in [0.1, 0.15) is 11.5 Å². The van der Waals surface area contributed by atoms with Crippen molar-refractivity contribution in [3.8, 4) is 23.3 Å². The van der Waals surface area contributed by atoms with Crippen molar-refractivity contribution in [2.45, 2.75) is 36.0 Å².